The normalized spacial score (nSPS) is 15.7. The van der Waals surface area contributed by atoms with E-state index in [-0.39, 0.29) is 5.75 Å². The molecule has 1 aliphatic heterocycles. The molecule has 1 aliphatic rings. The molecule has 0 aliphatic carbocycles. The summed E-state index contributed by atoms with van der Waals surface area (Å²) in [6.07, 6.45) is 7.72. The van der Waals surface area contributed by atoms with Crippen LogP contribution in [0, 0.1) is 0 Å². The number of anilines is 1. The van der Waals surface area contributed by atoms with Crippen molar-refractivity contribution in [3.05, 3.63) is 41.7 Å². The molecule has 1 aromatic heterocycles. The molecule has 0 atom stereocenters. The van der Waals surface area contributed by atoms with Gasteiger partial charge in [-0.2, -0.15) is 8.42 Å². The van der Waals surface area contributed by atoms with E-state index in [1.807, 2.05) is 31.5 Å². The number of benzene rings is 1. The largest absolute Gasteiger partial charge is 0.490 e. The summed E-state index contributed by atoms with van der Waals surface area (Å²) < 4.78 is 33.5. The van der Waals surface area contributed by atoms with Crippen molar-refractivity contribution in [1.82, 2.24) is 14.9 Å². The van der Waals surface area contributed by atoms with Crippen LogP contribution in [0.15, 0.2) is 30.6 Å². The van der Waals surface area contributed by atoms with Crippen LogP contribution in [0.4, 0.5) is 5.95 Å². The standard InChI is InChI=1S/C21H30N4O4S/c1-4-16-13-22-21(23-14-16)24-18-8-10-25(11-9-18)15-17-6-7-19(29-30(3,26)27)20(12-17)28-5-2/h6-7,12-14,18H,4-5,8-11,15H2,1-3H3,(H,22,23,24). The molecule has 1 N–H and O–H groups in total. The third kappa shape index (κ3) is 6.56. The van der Waals surface area contributed by atoms with Crippen molar-refractivity contribution in [2.45, 2.75) is 45.7 Å². The average molecular weight is 435 g/mol. The minimum absolute atomic E-state index is 0.222. The number of nitrogens with zero attached hydrogens (tertiary/aromatic N) is 3. The SMILES string of the molecule is CCOc1cc(CN2CCC(Nc3ncc(CC)cn3)CC2)ccc1OS(C)(=O)=O. The molecule has 3 rings (SSSR count). The van der Waals surface area contributed by atoms with Gasteiger partial charge < -0.3 is 14.2 Å². The van der Waals surface area contributed by atoms with Crippen LogP contribution in [-0.2, 0) is 23.1 Å². The summed E-state index contributed by atoms with van der Waals surface area (Å²) >= 11 is 0. The fraction of sp³-hybridized carbons (Fsp3) is 0.524. The van der Waals surface area contributed by atoms with Gasteiger partial charge in [-0.3, -0.25) is 4.90 Å². The van der Waals surface area contributed by atoms with Crippen LogP contribution in [0.2, 0.25) is 0 Å². The molecule has 0 spiro atoms. The van der Waals surface area contributed by atoms with E-state index in [4.69, 9.17) is 8.92 Å². The Labute approximate surface area is 178 Å². The van der Waals surface area contributed by atoms with Gasteiger partial charge in [0, 0.05) is 38.1 Å². The Kier molecular flexibility index (Phi) is 7.49. The van der Waals surface area contributed by atoms with Crippen molar-refractivity contribution in [1.29, 1.82) is 0 Å². The molecular formula is C21H30N4O4S. The molecule has 9 heteroatoms. The summed E-state index contributed by atoms with van der Waals surface area (Å²) in [5, 5.41) is 3.43. The molecule has 8 nitrogen and oxygen atoms in total. The zero-order valence-electron chi connectivity index (χ0n) is 17.8. The molecule has 164 valence electrons. The lowest BCUT2D eigenvalue weighted by molar-refractivity contribution is 0.210. The molecule has 30 heavy (non-hydrogen) atoms. The van der Waals surface area contributed by atoms with E-state index in [9.17, 15) is 8.42 Å². The smallest absolute Gasteiger partial charge is 0.306 e. The quantitative estimate of drug-likeness (QED) is 0.602. The van der Waals surface area contributed by atoms with E-state index in [1.165, 1.54) is 0 Å². The van der Waals surface area contributed by atoms with E-state index in [1.54, 1.807) is 6.07 Å². The van der Waals surface area contributed by atoms with Crippen molar-refractivity contribution in [3.63, 3.8) is 0 Å². The van der Waals surface area contributed by atoms with Crippen molar-refractivity contribution in [2.75, 3.05) is 31.3 Å². The van der Waals surface area contributed by atoms with Crippen LogP contribution >= 0.6 is 0 Å². The number of piperidine rings is 1. The molecule has 1 saturated heterocycles. The van der Waals surface area contributed by atoms with Crippen molar-refractivity contribution < 1.29 is 17.3 Å². The van der Waals surface area contributed by atoms with Crippen LogP contribution < -0.4 is 14.2 Å². The van der Waals surface area contributed by atoms with Gasteiger partial charge in [-0.05, 0) is 49.4 Å². The van der Waals surface area contributed by atoms with Crippen LogP contribution in [0.5, 0.6) is 11.5 Å². The summed E-state index contributed by atoms with van der Waals surface area (Å²) in [6.45, 7) is 7.06. The Hall–Kier alpha value is -2.39. The summed E-state index contributed by atoms with van der Waals surface area (Å²) in [5.74, 6) is 1.36. The van der Waals surface area contributed by atoms with E-state index < -0.39 is 10.1 Å². The molecule has 0 saturated carbocycles. The number of nitrogens with one attached hydrogen (secondary N) is 1. The third-order valence-corrected chi connectivity index (χ3v) is 5.47. The highest BCUT2D eigenvalue weighted by Crippen LogP contribution is 2.30. The highest BCUT2D eigenvalue weighted by atomic mass is 32.2. The topological polar surface area (TPSA) is 93.7 Å². The fourth-order valence-corrected chi connectivity index (χ4v) is 3.90. The predicted octanol–water partition coefficient (Wildman–Crippen LogP) is 2.85. The van der Waals surface area contributed by atoms with Gasteiger partial charge in [-0.15, -0.1) is 0 Å². The second-order valence-corrected chi connectivity index (χ2v) is 9.04. The van der Waals surface area contributed by atoms with Gasteiger partial charge in [0.15, 0.2) is 11.5 Å². The van der Waals surface area contributed by atoms with Crippen molar-refractivity contribution in [3.8, 4) is 11.5 Å². The summed E-state index contributed by atoms with van der Waals surface area (Å²) in [4.78, 5) is 11.1. The first-order valence-corrected chi connectivity index (χ1v) is 12.1. The lowest BCUT2D eigenvalue weighted by Gasteiger charge is -2.32. The third-order valence-electron chi connectivity index (χ3n) is 4.99. The molecule has 0 bridgehead atoms. The number of likely N-dealkylation sites (tertiary alicyclic amines) is 1. The average Bonchev–Trinajstić information content (AvgIpc) is 2.71. The Balaban J connectivity index is 1.55. The van der Waals surface area contributed by atoms with E-state index in [2.05, 4.69) is 27.1 Å². The number of aryl methyl sites for hydroxylation is 1. The Morgan fingerprint density at radius 1 is 1.10 bits per heavy atom. The maximum absolute atomic E-state index is 11.5. The van der Waals surface area contributed by atoms with Crippen LogP contribution in [-0.4, -0.2) is 55.3 Å². The maximum Gasteiger partial charge on any atom is 0.306 e. The minimum atomic E-state index is -3.60. The van der Waals surface area contributed by atoms with Crippen molar-refractivity contribution in [2.24, 2.45) is 0 Å². The molecule has 0 radical (unpaired) electrons. The lowest BCUT2D eigenvalue weighted by atomic mass is 10.0. The number of aromatic nitrogens is 2. The highest BCUT2D eigenvalue weighted by Gasteiger charge is 2.20. The zero-order chi connectivity index (χ0) is 21.6. The lowest BCUT2D eigenvalue weighted by Crippen LogP contribution is -2.39. The first-order chi connectivity index (χ1) is 14.4. The van der Waals surface area contributed by atoms with Crippen LogP contribution in [0.25, 0.3) is 0 Å². The molecule has 2 heterocycles. The van der Waals surface area contributed by atoms with Gasteiger partial charge in [0.2, 0.25) is 5.95 Å². The molecular weight excluding hydrogens is 404 g/mol. The second-order valence-electron chi connectivity index (χ2n) is 7.46. The van der Waals surface area contributed by atoms with Gasteiger partial charge >= 0.3 is 10.1 Å². The summed E-state index contributed by atoms with van der Waals surface area (Å²) in [5.41, 5.74) is 2.19. The molecule has 2 aromatic rings. The second kappa shape index (κ2) is 10.1. The maximum atomic E-state index is 11.5. The van der Waals surface area contributed by atoms with Gasteiger partial charge in [0.1, 0.15) is 0 Å². The number of rotatable bonds is 9. The molecule has 1 aromatic carbocycles. The van der Waals surface area contributed by atoms with Crippen LogP contribution in [0.1, 0.15) is 37.8 Å². The van der Waals surface area contributed by atoms with Gasteiger partial charge in [0.25, 0.3) is 0 Å². The summed E-state index contributed by atoms with van der Waals surface area (Å²) in [6, 6.07) is 5.76. The first-order valence-electron chi connectivity index (χ1n) is 10.3. The Morgan fingerprint density at radius 2 is 1.80 bits per heavy atom. The summed E-state index contributed by atoms with van der Waals surface area (Å²) in [7, 11) is -3.60. The monoisotopic (exact) mass is 434 g/mol. The number of hydrogen-bond donors (Lipinski definition) is 1. The van der Waals surface area contributed by atoms with E-state index in [0.717, 1.165) is 56.3 Å². The number of hydrogen-bond acceptors (Lipinski definition) is 8. The van der Waals surface area contributed by atoms with Crippen molar-refractivity contribution >= 4 is 16.1 Å². The zero-order valence-corrected chi connectivity index (χ0v) is 18.6. The minimum Gasteiger partial charge on any atom is -0.490 e. The Bertz CT molecular complexity index is 927. The highest BCUT2D eigenvalue weighted by molar-refractivity contribution is 7.86. The van der Waals surface area contributed by atoms with E-state index >= 15 is 0 Å². The predicted molar refractivity (Wildman–Crippen MR) is 116 cm³/mol. The van der Waals surface area contributed by atoms with E-state index in [0.29, 0.717) is 24.3 Å². The van der Waals surface area contributed by atoms with Gasteiger partial charge in [-0.25, -0.2) is 9.97 Å². The first kappa shape index (κ1) is 22.3. The Morgan fingerprint density at radius 3 is 2.40 bits per heavy atom. The molecule has 0 amide bonds. The number of ether oxygens (including phenoxy) is 1. The van der Waals surface area contributed by atoms with Crippen LogP contribution in [0.3, 0.4) is 0 Å². The van der Waals surface area contributed by atoms with Gasteiger partial charge in [0.05, 0.1) is 12.9 Å². The van der Waals surface area contributed by atoms with Gasteiger partial charge in [-0.1, -0.05) is 13.0 Å². The molecule has 1 fully saturated rings. The molecule has 0 unspecified atom stereocenters. The fourth-order valence-electron chi connectivity index (χ4n) is 3.44.